The van der Waals surface area contributed by atoms with Crippen LogP contribution in [-0.2, 0) is 6.54 Å². The smallest absolute Gasteiger partial charge is 0.119 e. The van der Waals surface area contributed by atoms with Gasteiger partial charge >= 0.3 is 0 Å². The van der Waals surface area contributed by atoms with Gasteiger partial charge in [0.2, 0.25) is 0 Å². The highest BCUT2D eigenvalue weighted by molar-refractivity contribution is 5.39. The number of rotatable bonds is 4. The molecule has 0 aliphatic heterocycles. The number of nitrogens with two attached hydrogens (primary N) is 1. The van der Waals surface area contributed by atoms with Gasteiger partial charge in [-0.05, 0) is 48.9 Å². The number of hydrogen-bond donors (Lipinski definition) is 1. The normalized spacial score (nSPS) is 15.6. The molecule has 0 bridgehead atoms. The van der Waals surface area contributed by atoms with Crippen LogP contribution in [0.5, 0.6) is 5.75 Å². The standard InChI is InChI=1S/C12H17NO/c1-2-14-11-5-6-12(9-3-4-9)10(7-11)8-13/h5-7,9H,2-4,8,13H2,1H3. The second kappa shape index (κ2) is 4.01. The average Bonchev–Trinajstić information content (AvgIpc) is 3.02. The van der Waals surface area contributed by atoms with E-state index >= 15 is 0 Å². The van der Waals surface area contributed by atoms with Crippen LogP contribution in [0.4, 0.5) is 0 Å². The first kappa shape index (κ1) is 9.53. The van der Waals surface area contributed by atoms with Crippen molar-refractivity contribution in [3.05, 3.63) is 29.3 Å². The topological polar surface area (TPSA) is 35.2 Å². The molecular formula is C12H17NO. The molecule has 76 valence electrons. The van der Waals surface area contributed by atoms with Gasteiger partial charge in [-0.15, -0.1) is 0 Å². The summed E-state index contributed by atoms with van der Waals surface area (Å²) in [6.45, 7) is 3.33. The summed E-state index contributed by atoms with van der Waals surface area (Å²) in [7, 11) is 0. The highest BCUT2D eigenvalue weighted by Crippen LogP contribution is 2.42. The van der Waals surface area contributed by atoms with E-state index in [4.69, 9.17) is 10.5 Å². The molecule has 0 amide bonds. The molecule has 2 heteroatoms. The first-order valence-electron chi connectivity index (χ1n) is 5.30. The van der Waals surface area contributed by atoms with E-state index in [-0.39, 0.29) is 0 Å². The van der Waals surface area contributed by atoms with Gasteiger partial charge in [-0.25, -0.2) is 0 Å². The molecule has 2 nitrogen and oxygen atoms in total. The van der Waals surface area contributed by atoms with Gasteiger partial charge in [0.25, 0.3) is 0 Å². The van der Waals surface area contributed by atoms with Gasteiger partial charge in [-0.2, -0.15) is 0 Å². The summed E-state index contributed by atoms with van der Waals surface area (Å²) in [4.78, 5) is 0. The number of ether oxygens (including phenoxy) is 1. The molecule has 0 aromatic heterocycles. The Morgan fingerprint density at radius 2 is 2.21 bits per heavy atom. The van der Waals surface area contributed by atoms with Crippen LogP contribution in [-0.4, -0.2) is 6.61 Å². The van der Waals surface area contributed by atoms with E-state index in [2.05, 4.69) is 18.2 Å². The average molecular weight is 191 g/mol. The quantitative estimate of drug-likeness (QED) is 0.793. The lowest BCUT2D eigenvalue weighted by Gasteiger charge is -2.09. The third-order valence-corrected chi connectivity index (χ3v) is 2.66. The van der Waals surface area contributed by atoms with Gasteiger partial charge in [0.1, 0.15) is 5.75 Å². The van der Waals surface area contributed by atoms with E-state index in [1.54, 1.807) is 0 Å². The molecule has 1 saturated carbocycles. The van der Waals surface area contributed by atoms with E-state index in [0.717, 1.165) is 11.7 Å². The lowest BCUT2D eigenvalue weighted by molar-refractivity contribution is 0.340. The zero-order valence-corrected chi connectivity index (χ0v) is 8.62. The van der Waals surface area contributed by atoms with Gasteiger partial charge in [-0.3, -0.25) is 0 Å². The highest BCUT2D eigenvalue weighted by Gasteiger charge is 2.25. The van der Waals surface area contributed by atoms with Crippen molar-refractivity contribution in [3.8, 4) is 5.75 Å². The van der Waals surface area contributed by atoms with Crippen molar-refractivity contribution in [1.82, 2.24) is 0 Å². The van der Waals surface area contributed by atoms with Crippen LogP contribution >= 0.6 is 0 Å². The molecule has 14 heavy (non-hydrogen) atoms. The van der Waals surface area contributed by atoms with Crippen molar-refractivity contribution in [2.24, 2.45) is 5.73 Å². The molecule has 2 rings (SSSR count). The maximum Gasteiger partial charge on any atom is 0.119 e. The summed E-state index contributed by atoms with van der Waals surface area (Å²) in [5, 5.41) is 0. The predicted molar refractivity (Wildman–Crippen MR) is 57.5 cm³/mol. The lowest BCUT2D eigenvalue weighted by Crippen LogP contribution is -2.02. The Morgan fingerprint density at radius 3 is 2.79 bits per heavy atom. The minimum Gasteiger partial charge on any atom is -0.494 e. The number of hydrogen-bond acceptors (Lipinski definition) is 2. The molecule has 0 spiro atoms. The Hall–Kier alpha value is -1.02. The van der Waals surface area contributed by atoms with Crippen LogP contribution in [0.1, 0.15) is 36.8 Å². The van der Waals surface area contributed by atoms with E-state index in [1.165, 1.54) is 24.0 Å². The maximum atomic E-state index is 5.73. The van der Waals surface area contributed by atoms with Gasteiger partial charge in [0.05, 0.1) is 6.61 Å². The zero-order valence-electron chi connectivity index (χ0n) is 8.62. The van der Waals surface area contributed by atoms with Crippen LogP contribution in [0.25, 0.3) is 0 Å². The largest absolute Gasteiger partial charge is 0.494 e. The molecule has 0 saturated heterocycles. The third-order valence-electron chi connectivity index (χ3n) is 2.66. The van der Waals surface area contributed by atoms with Gasteiger partial charge in [0, 0.05) is 6.54 Å². The van der Waals surface area contributed by atoms with Gasteiger partial charge in [-0.1, -0.05) is 6.07 Å². The van der Waals surface area contributed by atoms with Crippen LogP contribution in [0, 0.1) is 0 Å². The monoisotopic (exact) mass is 191 g/mol. The molecule has 1 aromatic rings. The van der Waals surface area contributed by atoms with Crippen molar-refractivity contribution < 1.29 is 4.74 Å². The van der Waals surface area contributed by atoms with Crippen molar-refractivity contribution in [3.63, 3.8) is 0 Å². The Kier molecular flexibility index (Phi) is 2.73. The molecule has 1 aliphatic rings. The van der Waals surface area contributed by atoms with E-state index in [9.17, 15) is 0 Å². The Morgan fingerprint density at radius 1 is 1.43 bits per heavy atom. The predicted octanol–water partition coefficient (Wildman–Crippen LogP) is 2.42. The molecule has 0 radical (unpaired) electrons. The van der Waals surface area contributed by atoms with E-state index in [0.29, 0.717) is 13.2 Å². The fourth-order valence-corrected chi connectivity index (χ4v) is 1.81. The van der Waals surface area contributed by atoms with Gasteiger partial charge in [0.15, 0.2) is 0 Å². The van der Waals surface area contributed by atoms with E-state index in [1.807, 2.05) is 6.92 Å². The molecule has 2 N–H and O–H groups in total. The zero-order chi connectivity index (χ0) is 9.97. The fraction of sp³-hybridized carbons (Fsp3) is 0.500. The molecule has 0 atom stereocenters. The van der Waals surface area contributed by atoms with Crippen LogP contribution in [0.15, 0.2) is 18.2 Å². The molecule has 0 unspecified atom stereocenters. The lowest BCUT2D eigenvalue weighted by atomic mass is 10.0. The summed E-state index contributed by atoms with van der Waals surface area (Å²) < 4.78 is 5.45. The third kappa shape index (κ3) is 1.90. The highest BCUT2D eigenvalue weighted by atomic mass is 16.5. The van der Waals surface area contributed by atoms with Crippen LogP contribution < -0.4 is 10.5 Å². The molecule has 0 heterocycles. The first-order chi connectivity index (χ1) is 6.85. The summed E-state index contributed by atoms with van der Waals surface area (Å²) >= 11 is 0. The van der Waals surface area contributed by atoms with Crippen molar-refractivity contribution in [2.75, 3.05) is 6.61 Å². The van der Waals surface area contributed by atoms with Crippen molar-refractivity contribution in [1.29, 1.82) is 0 Å². The second-order valence-corrected chi connectivity index (χ2v) is 3.77. The summed E-state index contributed by atoms with van der Waals surface area (Å²) in [5.74, 6) is 1.71. The molecule has 1 fully saturated rings. The molecule has 1 aliphatic carbocycles. The van der Waals surface area contributed by atoms with Crippen LogP contribution in [0.2, 0.25) is 0 Å². The summed E-state index contributed by atoms with van der Waals surface area (Å²) in [5.41, 5.74) is 8.40. The van der Waals surface area contributed by atoms with Crippen molar-refractivity contribution in [2.45, 2.75) is 32.2 Å². The summed E-state index contributed by atoms with van der Waals surface area (Å²) in [6.07, 6.45) is 2.64. The van der Waals surface area contributed by atoms with Gasteiger partial charge < -0.3 is 10.5 Å². The van der Waals surface area contributed by atoms with Crippen molar-refractivity contribution >= 4 is 0 Å². The Bertz CT molecular complexity index is 318. The van der Waals surface area contributed by atoms with E-state index < -0.39 is 0 Å². The minimum atomic E-state index is 0.618. The maximum absolute atomic E-state index is 5.73. The van der Waals surface area contributed by atoms with Crippen LogP contribution in [0.3, 0.4) is 0 Å². The summed E-state index contributed by atoms with van der Waals surface area (Å²) in [6, 6.07) is 6.30. The fourth-order valence-electron chi connectivity index (χ4n) is 1.81. The SMILES string of the molecule is CCOc1ccc(C2CC2)c(CN)c1. The first-order valence-corrected chi connectivity index (χ1v) is 5.30. The second-order valence-electron chi connectivity index (χ2n) is 3.77. The number of benzene rings is 1. The minimum absolute atomic E-state index is 0.618. The molecule has 1 aromatic carbocycles. The Balaban J connectivity index is 2.24. The molecular weight excluding hydrogens is 174 g/mol. The Labute approximate surface area is 85.1 Å².